The largest absolute Gasteiger partial charge is 0.309 e. The number of para-hydroxylation sites is 5. The SMILES string of the molecule is [2H]c1c([2H])c([2H])c([Si](c2c([2H])c([2H])c([2H])c([2H])c2[2H])(c2c([2H])c([2H])c([2H])c([2H])c2[2H])c2c([2H])c([2H])c([2H])c(-n3c4c([2H])c([2H])c([2H])c([2H])c4c4c([2H])c(-n5c6c([2H])c([2H])c([2H])c([2H])c6c6c([2H])c(-c7c([2H])c([2H])c([2H])c([2H])c7-n7c8c([2H])c([2H])c([2H])c([2H])c8c8c([2H])c([2H])c([2H])c([2H])c87)c([2H])c([2H])c65)c([2H])c([2H])c43)c2[2H])c([2H])c1[2H]. The number of hydrogen-bond acceptors (Lipinski definition) is 0. The molecule has 0 aliphatic carbocycles. The second-order valence-electron chi connectivity index (χ2n) is 15.0. The van der Waals surface area contributed by atoms with Gasteiger partial charge < -0.3 is 13.7 Å². The number of hydrogen-bond donors (Lipinski definition) is 0. The highest BCUT2D eigenvalue weighted by Crippen LogP contribution is 2.41. The van der Waals surface area contributed by atoms with Crippen LogP contribution < -0.4 is 20.7 Å². The third-order valence-electron chi connectivity index (χ3n) is 11.5. The molecular weight excluding hydrogens is 863 g/mol. The number of nitrogens with zero attached hydrogens (tertiary/aromatic N) is 3. The minimum atomic E-state index is -6.72. The molecule has 0 unspecified atom stereocenters. The average Bonchev–Trinajstić information content (AvgIpc) is 1.62. The predicted octanol–water partition coefficient (Wildman–Crippen LogP) is 14.0. The number of benzene rings is 11. The van der Waals surface area contributed by atoms with Crippen molar-refractivity contribution in [2.45, 2.75) is 0 Å². The van der Waals surface area contributed by atoms with Gasteiger partial charge in [-0.25, -0.2) is 0 Å². The van der Waals surface area contributed by atoms with Gasteiger partial charge in [-0.05, 0) is 98.8 Å². The zero-order valence-corrected chi connectivity index (χ0v) is 35.8. The Morgan fingerprint density at radius 1 is 0.257 bits per heavy atom. The molecule has 0 saturated carbocycles. The number of aromatic nitrogens is 3. The highest BCUT2D eigenvalue weighted by Gasteiger charge is 2.41. The molecule has 70 heavy (non-hydrogen) atoms. The van der Waals surface area contributed by atoms with Gasteiger partial charge in [-0.3, -0.25) is 0 Å². The predicted molar refractivity (Wildman–Crippen MR) is 299 cm³/mol. The Balaban J connectivity index is 1.20. The molecule has 0 atom stereocenters. The first-order chi connectivity index (χ1) is 53.5. The van der Waals surface area contributed by atoms with Crippen molar-refractivity contribution in [3.8, 4) is 28.2 Å². The molecule has 0 aliphatic rings. The summed E-state index contributed by atoms with van der Waals surface area (Å²) in [7, 11) is -6.72. The van der Waals surface area contributed by atoms with Gasteiger partial charge in [0.2, 0.25) is 0 Å². The molecule has 0 N–H and O–H groups in total. The van der Waals surface area contributed by atoms with Gasteiger partial charge in [0.15, 0.2) is 8.07 Å². The molecule has 3 heterocycles. The van der Waals surface area contributed by atoms with E-state index in [1.165, 1.54) is 0 Å². The van der Waals surface area contributed by atoms with Crippen LogP contribution in [0.5, 0.6) is 0 Å². The second kappa shape index (κ2) is 16.1. The van der Waals surface area contributed by atoms with Crippen LogP contribution in [-0.4, -0.2) is 21.8 Å². The summed E-state index contributed by atoms with van der Waals surface area (Å²) < 4.78 is 425. The summed E-state index contributed by atoms with van der Waals surface area (Å²) in [4.78, 5) is 0. The van der Waals surface area contributed by atoms with E-state index in [1.54, 1.807) is 0 Å². The van der Waals surface area contributed by atoms with Gasteiger partial charge in [-0.1, -0.05) is 199 Å². The lowest BCUT2D eigenvalue weighted by molar-refractivity contribution is 1.17. The zero-order valence-electron chi connectivity index (χ0n) is 79.8. The van der Waals surface area contributed by atoms with Crippen molar-refractivity contribution >= 4 is 94.2 Å². The highest BCUT2D eigenvalue weighted by atomic mass is 28.3. The van der Waals surface area contributed by atoms with Crippen molar-refractivity contribution in [2.24, 2.45) is 0 Å². The molecule has 0 radical (unpaired) electrons. The van der Waals surface area contributed by atoms with E-state index in [0.717, 1.165) is 0 Å². The highest BCUT2D eigenvalue weighted by molar-refractivity contribution is 7.19. The summed E-state index contributed by atoms with van der Waals surface area (Å²) in [6.45, 7) is 0. The van der Waals surface area contributed by atoms with Gasteiger partial charge >= 0.3 is 0 Å². The van der Waals surface area contributed by atoms with Crippen LogP contribution in [0.25, 0.3) is 93.6 Å². The zero-order chi connectivity index (χ0) is 85.3. The molecule has 0 amide bonds. The first-order valence-corrected chi connectivity index (χ1v) is 22.5. The Morgan fingerprint density at radius 2 is 0.643 bits per heavy atom. The van der Waals surface area contributed by atoms with Gasteiger partial charge in [0.25, 0.3) is 0 Å². The van der Waals surface area contributed by atoms with Crippen molar-refractivity contribution in [3.63, 3.8) is 0 Å². The summed E-state index contributed by atoms with van der Waals surface area (Å²) >= 11 is 0. The second-order valence-corrected chi connectivity index (χ2v) is 18.5. The van der Waals surface area contributed by atoms with Crippen LogP contribution in [0.3, 0.4) is 0 Å². The van der Waals surface area contributed by atoms with Crippen LogP contribution in [0.1, 0.15) is 61.7 Å². The fourth-order valence-electron chi connectivity index (χ4n) is 8.70. The Morgan fingerprint density at radius 3 is 1.19 bits per heavy atom. The van der Waals surface area contributed by atoms with Crippen molar-refractivity contribution in [1.29, 1.82) is 0 Å². The van der Waals surface area contributed by atoms with E-state index < -0.39 is 394 Å². The van der Waals surface area contributed by atoms with E-state index in [1.807, 2.05) is 0 Å². The Bertz CT molecular complexity index is 6700. The standard InChI is InChI=1S/C66H45N3Si/c1-4-22-49(23-5-1)70(50-24-6-2-7-25-50,51-26-8-3-9-27-51)52-28-20-21-47(44-52)67-62-36-17-14-33-57(62)59-45-48(40-42-66(59)67)68-61-35-16-13-32-56(61)58-43-46(39-41-65(58)68)53-29-10-15-34-60(53)69-63-37-18-11-30-54(63)55-31-12-19-38-64(55)69/h1-45H/i1D,2D,3D,4D,5D,6D,7D,8D,9D,10D,11D,12D,13D,14D,15D,16D,17D,18D,19D,20D,21D,22D,23D,24D,25D,26D,27D,28D,29D,30D,31D,32D,33D,34D,35D,36D,37D,38D,39D,40D,41D,42D,43D,44D,45D. The van der Waals surface area contributed by atoms with Gasteiger partial charge in [0.05, 0.1) is 100 Å². The van der Waals surface area contributed by atoms with Crippen LogP contribution in [0.15, 0.2) is 272 Å². The van der Waals surface area contributed by atoms with Crippen molar-refractivity contribution in [2.75, 3.05) is 0 Å². The molecule has 11 aromatic carbocycles. The first kappa shape index (κ1) is 15.5. The van der Waals surface area contributed by atoms with Gasteiger partial charge in [-0.15, -0.1) is 0 Å². The van der Waals surface area contributed by atoms with Gasteiger partial charge in [0, 0.05) is 49.3 Å². The molecule has 3 nitrogen and oxygen atoms in total. The molecule has 328 valence electrons. The third-order valence-corrected chi connectivity index (χ3v) is 15.5. The summed E-state index contributed by atoms with van der Waals surface area (Å²) in [5, 5.41) is -10.2. The molecular formula is C66H45N3Si. The first-order valence-electron chi connectivity index (χ1n) is 43.0. The Labute approximate surface area is 470 Å². The normalized spacial score (nSPS) is 21.0. The number of rotatable bonds is 8. The molecule has 0 spiro atoms. The van der Waals surface area contributed by atoms with Crippen LogP contribution in [-0.2, 0) is 0 Å². The lowest BCUT2D eigenvalue weighted by atomic mass is 10.0. The fourth-order valence-corrected chi connectivity index (χ4v) is 12.3. The lowest BCUT2D eigenvalue weighted by Gasteiger charge is -2.34. The third kappa shape index (κ3) is 6.00. The fraction of sp³-hybridized carbons (Fsp3) is 0. The molecule has 0 bridgehead atoms. The van der Waals surface area contributed by atoms with Crippen molar-refractivity contribution in [1.82, 2.24) is 13.7 Å². The lowest BCUT2D eigenvalue weighted by Crippen LogP contribution is -2.74. The van der Waals surface area contributed by atoms with E-state index in [4.69, 9.17) is 28.8 Å². The molecule has 14 aromatic rings. The smallest absolute Gasteiger partial charge is 0.179 e. The Hall–Kier alpha value is -8.96. The van der Waals surface area contributed by atoms with Gasteiger partial charge in [-0.2, -0.15) is 0 Å². The summed E-state index contributed by atoms with van der Waals surface area (Å²) in [6.07, 6.45) is 0. The van der Waals surface area contributed by atoms with E-state index in [0.29, 0.717) is 13.7 Å². The average molecular weight is 953 g/mol. The molecule has 4 heteroatoms. The van der Waals surface area contributed by atoms with Crippen LogP contribution >= 0.6 is 0 Å². The minimum absolute atomic E-state index is 0.415. The van der Waals surface area contributed by atoms with E-state index in [-0.39, 0.29) is 0 Å². The molecule has 0 fully saturated rings. The van der Waals surface area contributed by atoms with E-state index in [2.05, 4.69) is 0 Å². The van der Waals surface area contributed by atoms with Crippen molar-refractivity contribution in [3.05, 3.63) is 272 Å². The van der Waals surface area contributed by atoms with Crippen LogP contribution in [0, 0.1) is 0 Å². The quantitative estimate of drug-likeness (QED) is 0.106. The topological polar surface area (TPSA) is 14.8 Å². The minimum Gasteiger partial charge on any atom is -0.309 e. The molecule has 0 saturated heterocycles. The summed E-state index contributed by atoms with van der Waals surface area (Å²) in [6, 6.07) is -55.5. The maximum Gasteiger partial charge on any atom is 0.179 e. The molecule has 14 rings (SSSR count). The van der Waals surface area contributed by atoms with Crippen LogP contribution in [0.4, 0.5) is 0 Å². The van der Waals surface area contributed by atoms with Crippen molar-refractivity contribution < 1.29 is 61.7 Å². The summed E-state index contributed by atoms with van der Waals surface area (Å²) in [5.41, 5.74) is -11.1. The van der Waals surface area contributed by atoms with Crippen LogP contribution in [0.2, 0.25) is 0 Å². The molecule has 3 aromatic heterocycles. The number of fused-ring (bicyclic) bond motifs is 9. The Kier molecular flexibility index (Phi) is 3.57. The monoisotopic (exact) mass is 953 g/mol. The maximum atomic E-state index is 10.7. The van der Waals surface area contributed by atoms with Gasteiger partial charge in [0.1, 0.15) is 0 Å². The van der Waals surface area contributed by atoms with E-state index >= 15 is 0 Å². The summed E-state index contributed by atoms with van der Waals surface area (Å²) in [5.74, 6) is 0. The van der Waals surface area contributed by atoms with E-state index in [9.17, 15) is 32.9 Å². The molecule has 0 aliphatic heterocycles. The maximum absolute atomic E-state index is 10.7.